The van der Waals surface area contributed by atoms with Crippen LogP contribution in [0.25, 0.3) is 10.8 Å². The highest BCUT2D eigenvalue weighted by molar-refractivity contribution is 5.88. The molecule has 2 atom stereocenters. The summed E-state index contributed by atoms with van der Waals surface area (Å²) in [4.78, 5) is 24.7. The zero-order valence-corrected chi connectivity index (χ0v) is 23.2. The summed E-state index contributed by atoms with van der Waals surface area (Å²) in [6.45, 7) is 12.6. The van der Waals surface area contributed by atoms with Gasteiger partial charge in [0.1, 0.15) is 11.5 Å². The van der Waals surface area contributed by atoms with Crippen molar-refractivity contribution in [1.82, 2.24) is 5.32 Å². The van der Waals surface area contributed by atoms with E-state index in [4.69, 9.17) is 9.47 Å². The fourth-order valence-electron chi connectivity index (χ4n) is 5.73. The van der Waals surface area contributed by atoms with Crippen LogP contribution in [0.2, 0.25) is 0 Å². The summed E-state index contributed by atoms with van der Waals surface area (Å²) in [5, 5.41) is 5.40. The second-order valence-electron chi connectivity index (χ2n) is 11.0. The maximum atomic E-state index is 13.0. The number of esters is 1. The van der Waals surface area contributed by atoms with Gasteiger partial charge in [-0.05, 0) is 115 Å². The molecular formula is C32H39NO4. The molecule has 3 aromatic carbocycles. The van der Waals surface area contributed by atoms with E-state index in [1.54, 1.807) is 7.11 Å². The number of carbonyl (C=O) groups excluding carboxylic acids is 2. The number of hydrogen-bond acceptors (Lipinski definition) is 4. The van der Waals surface area contributed by atoms with Crippen LogP contribution in [0.3, 0.4) is 0 Å². The van der Waals surface area contributed by atoms with E-state index in [0.717, 1.165) is 64.6 Å². The lowest BCUT2D eigenvalue weighted by Crippen LogP contribution is -2.35. The van der Waals surface area contributed by atoms with Crippen LogP contribution in [0.5, 0.6) is 11.5 Å². The average molecular weight is 502 g/mol. The van der Waals surface area contributed by atoms with Crippen LogP contribution < -0.4 is 14.8 Å². The van der Waals surface area contributed by atoms with Crippen molar-refractivity contribution in [2.45, 2.75) is 73.1 Å². The average Bonchev–Trinajstić information content (AvgIpc) is 2.88. The molecule has 0 bridgehead atoms. The van der Waals surface area contributed by atoms with Crippen LogP contribution in [0.15, 0.2) is 36.4 Å². The number of carbonyl (C=O) groups is 2. The molecule has 37 heavy (non-hydrogen) atoms. The van der Waals surface area contributed by atoms with Crippen LogP contribution in [-0.2, 0) is 22.4 Å². The predicted molar refractivity (Wildman–Crippen MR) is 149 cm³/mol. The topological polar surface area (TPSA) is 64.6 Å². The summed E-state index contributed by atoms with van der Waals surface area (Å²) < 4.78 is 10.9. The first-order valence-corrected chi connectivity index (χ1v) is 13.2. The van der Waals surface area contributed by atoms with Gasteiger partial charge in [0.2, 0.25) is 5.91 Å². The predicted octanol–water partition coefficient (Wildman–Crippen LogP) is 6.50. The quantitative estimate of drug-likeness (QED) is 0.296. The maximum absolute atomic E-state index is 13.0. The largest absolute Gasteiger partial charge is 0.497 e. The van der Waals surface area contributed by atoms with Crippen molar-refractivity contribution >= 4 is 22.6 Å². The van der Waals surface area contributed by atoms with Gasteiger partial charge in [0.15, 0.2) is 0 Å². The normalized spacial score (nSPS) is 17.7. The third kappa shape index (κ3) is 5.51. The van der Waals surface area contributed by atoms with E-state index in [-0.39, 0.29) is 23.2 Å². The second-order valence-corrected chi connectivity index (χ2v) is 11.0. The summed E-state index contributed by atoms with van der Waals surface area (Å²) in [6, 6.07) is 12.2. The van der Waals surface area contributed by atoms with E-state index >= 15 is 0 Å². The lowest BCUT2D eigenvalue weighted by Gasteiger charge is -2.37. The van der Waals surface area contributed by atoms with Crippen LogP contribution in [0.4, 0.5) is 0 Å². The summed E-state index contributed by atoms with van der Waals surface area (Å²) in [7, 11) is 1.67. The van der Waals surface area contributed by atoms with Gasteiger partial charge in [-0.1, -0.05) is 31.2 Å². The number of nitrogens with one attached hydrogen (secondary N) is 1. The van der Waals surface area contributed by atoms with Crippen LogP contribution >= 0.6 is 0 Å². The first kappa shape index (κ1) is 26.7. The number of hydrogen-bond donors (Lipinski definition) is 1. The smallest absolute Gasteiger partial charge is 0.308 e. The van der Waals surface area contributed by atoms with Gasteiger partial charge in [0.25, 0.3) is 0 Å². The summed E-state index contributed by atoms with van der Waals surface area (Å²) in [6.07, 6.45) is 3.89. The SMILES string of the molecule is COc1ccc2cc([C@H](C)C(=O)NCC[C@@]3(C)CCc4c(C)c(OC(C)=O)c(C)c(C)c4C3)ccc2c1. The van der Waals surface area contributed by atoms with E-state index in [1.165, 1.54) is 23.6 Å². The van der Waals surface area contributed by atoms with Gasteiger partial charge < -0.3 is 14.8 Å². The van der Waals surface area contributed by atoms with Gasteiger partial charge in [-0.2, -0.15) is 0 Å². The number of amides is 1. The third-order valence-corrected chi connectivity index (χ3v) is 8.33. The van der Waals surface area contributed by atoms with Gasteiger partial charge in [-0.25, -0.2) is 0 Å². The van der Waals surface area contributed by atoms with E-state index < -0.39 is 0 Å². The van der Waals surface area contributed by atoms with Gasteiger partial charge >= 0.3 is 5.97 Å². The monoisotopic (exact) mass is 501 g/mol. The molecule has 1 aliphatic carbocycles. The molecule has 1 aliphatic rings. The molecule has 0 radical (unpaired) electrons. The molecule has 0 spiro atoms. The van der Waals surface area contributed by atoms with Crippen molar-refractivity contribution in [3.8, 4) is 11.5 Å². The molecule has 0 fully saturated rings. The van der Waals surface area contributed by atoms with Crippen LogP contribution in [-0.4, -0.2) is 25.5 Å². The molecule has 0 aliphatic heterocycles. The Morgan fingerprint density at radius 2 is 1.70 bits per heavy atom. The molecular weight excluding hydrogens is 462 g/mol. The van der Waals surface area contributed by atoms with Crippen LogP contribution in [0.1, 0.15) is 72.9 Å². The van der Waals surface area contributed by atoms with E-state index in [2.05, 4.69) is 38.2 Å². The minimum atomic E-state index is -0.278. The fraction of sp³-hybridized carbons (Fsp3) is 0.438. The number of rotatable bonds is 7. The molecule has 0 unspecified atom stereocenters. The highest BCUT2D eigenvalue weighted by Gasteiger charge is 2.33. The highest BCUT2D eigenvalue weighted by atomic mass is 16.5. The Morgan fingerprint density at radius 3 is 2.41 bits per heavy atom. The maximum Gasteiger partial charge on any atom is 0.308 e. The Balaban J connectivity index is 1.41. The molecule has 0 heterocycles. The molecule has 1 amide bonds. The summed E-state index contributed by atoms with van der Waals surface area (Å²) >= 11 is 0. The van der Waals surface area contributed by atoms with Crippen molar-refractivity contribution in [3.63, 3.8) is 0 Å². The molecule has 5 heteroatoms. The van der Waals surface area contributed by atoms with E-state index in [0.29, 0.717) is 6.54 Å². The van der Waals surface area contributed by atoms with Gasteiger partial charge in [-0.15, -0.1) is 0 Å². The highest BCUT2D eigenvalue weighted by Crippen LogP contribution is 2.44. The molecule has 0 saturated heterocycles. The molecule has 196 valence electrons. The first-order valence-electron chi connectivity index (χ1n) is 13.2. The van der Waals surface area contributed by atoms with Gasteiger partial charge in [-0.3, -0.25) is 9.59 Å². The Bertz CT molecular complexity index is 1360. The van der Waals surface area contributed by atoms with Crippen molar-refractivity contribution in [1.29, 1.82) is 0 Å². The fourth-order valence-corrected chi connectivity index (χ4v) is 5.73. The minimum absolute atomic E-state index is 0.0570. The lowest BCUT2D eigenvalue weighted by molar-refractivity contribution is -0.132. The van der Waals surface area contributed by atoms with Crippen LogP contribution in [0, 0.1) is 26.2 Å². The molecule has 0 saturated carbocycles. The summed E-state index contributed by atoms with van der Waals surface area (Å²) in [5.74, 6) is 1.11. The molecule has 4 rings (SSSR count). The number of benzene rings is 3. The minimum Gasteiger partial charge on any atom is -0.497 e. The van der Waals surface area contributed by atoms with Crippen molar-refractivity contribution in [2.24, 2.45) is 5.41 Å². The van der Waals surface area contributed by atoms with Crippen molar-refractivity contribution < 1.29 is 19.1 Å². The standard InChI is InChI=1S/C32H39NO4/c1-19-20(2)30(37-23(5)34)22(4)28-12-13-32(6,18-29(19)28)14-15-33-31(35)21(3)24-8-9-26-17-27(36-7)11-10-25(26)16-24/h8-11,16-17,21H,12-15,18H2,1-7H3,(H,33,35)/t21-,32+/m0/s1. The van der Waals surface area contributed by atoms with E-state index in [1.807, 2.05) is 38.1 Å². The van der Waals surface area contributed by atoms with Crippen molar-refractivity contribution in [2.75, 3.05) is 13.7 Å². The Hall–Kier alpha value is -3.34. The summed E-state index contributed by atoms with van der Waals surface area (Å²) in [5.41, 5.74) is 7.18. The number of ether oxygens (including phenoxy) is 2. The first-order chi connectivity index (χ1) is 17.5. The molecule has 1 N–H and O–H groups in total. The number of methoxy groups -OCH3 is 1. The number of fused-ring (bicyclic) bond motifs is 2. The zero-order valence-electron chi connectivity index (χ0n) is 23.2. The molecule has 0 aromatic heterocycles. The van der Waals surface area contributed by atoms with Gasteiger partial charge in [0, 0.05) is 13.5 Å². The Labute approximate surface area is 220 Å². The van der Waals surface area contributed by atoms with E-state index in [9.17, 15) is 9.59 Å². The van der Waals surface area contributed by atoms with Crippen molar-refractivity contribution in [3.05, 3.63) is 69.8 Å². The van der Waals surface area contributed by atoms with Gasteiger partial charge in [0.05, 0.1) is 13.0 Å². The lowest BCUT2D eigenvalue weighted by atomic mass is 9.68. The molecule has 5 nitrogen and oxygen atoms in total. The Morgan fingerprint density at radius 1 is 1.00 bits per heavy atom. The third-order valence-electron chi connectivity index (χ3n) is 8.33. The Kier molecular flexibility index (Phi) is 7.63. The molecule has 3 aromatic rings. The zero-order chi connectivity index (χ0) is 26.9. The second kappa shape index (κ2) is 10.6.